The van der Waals surface area contributed by atoms with Crippen LogP contribution in [0.1, 0.15) is 245 Å². The third-order valence-electron chi connectivity index (χ3n) is 12.5. The summed E-state index contributed by atoms with van der Waals surface area (Å²) in [5, 5.41) is 31.0. The lowest BCUT2D eigenvalue weighted by Crippen LogP contribution is -2.60. The lowest BCUT2D eigenvalue weighted by atomic mass is 10.00. The van der Waals surface area contributed by atoms with Crippen LogP contribution in [0.3, 0.4) is 0 Å². The monoisotopic (exact) mass is 959 g/mol. The number of rotatable bonds is 46. The van der Waals surface area contributed by atoms with Gasteiger partial charge in [0.05, 0.1) is 6.61 Å². The third kappa shape index (κ3) is 37.1. The zero-order chi connectivity index (χ0) is 48.4. The number of aliphatic hydroxyl groups excluding tert-OH is 3. The second kappa shape index (κ2) is 43.2. The van der Waals surface area contributed by atoms with E-state index in [1.54, 1.807) is 0 Å². The van der Waals surface area contributed by atoms with Gasteiger partial charge in [-0.05, 0) is 64.2 Å². The molecular formula is C53H98O12S. The van der Waals surface area contributed by atoms with Crippen LogP contribution in [0.15, 0.2) is 24.3 Å². The number of ether oxygens (including phenoxy) is 4. The molecule has 1 aliphatic heterocycles. The van der Waals surface area contributed by atoms with Crippen molar-refractivity contribution < 1.29 is 56.8 Å². The molecule has 2 unspecified atom stereocenters. The number of hydrogen-bond donors (Lipinski definition) is 4. The molecule has 388 valence electrons. The first kappa shape index (κ1) is 62.1. The Hall–Kier alpha value is -1.87. The molecule has 1 aliphatic rings. The SMILES string of the molecule is CCCCCCCC/C=C/CCCCCCCCCCCC(=O)OC[C@H](CO[C@H]1O[C@H](CS(=O)(=O)O)[C@@H](O)C(O)C1O)OC(=O)CCCCCCCCCCC/C=C/CCCCCCCC. The van der Waals surface area contributed by atoms with Gasteiger partial charge in [0.15, 0.2) is 12.4 Å². The summed E-state index contributed by atoms with van der Waals surface area (Å²) in [6, 6.07) is 0. The Balaban J connectivity index is 2.35. The summed E-state index contributed by atoms with van der Waals surface area (Å²) in [6.07, 6.45) is 40.7. The summed E-state index contributed by atoms with van der Waals surface area (Å²) in [7, 11) is -4.60. The first-order chi connectivity index (χ1) is 32.0. The molecule has 66 heavy (non-hydrogen) atoms. The zero-order valence-electron chi connectivity index (χ0n) is 41.8. The van der Waals surface area contributed by atoms with Gasteiger partial charge < -0.3 is 34.3 Å². The molecule has 0 radical (unpaired) electrons. The fourth-order valence-electron chi connectivity index (χ4n) is 8.32. The summed E-state index contributed by atoms with van der Waals surface area (Å²) < 4.78 is 54.3. The van der Waals surface area contributed by atoms with E-state index in [-0.39, 0.29) is 19.4 Å². The molecule has 0 aromatic heterocycles. The van der Waals surface area contributed by atoms with Crippen molar-refractivity contribution in [2.45, 2.75) is 282 Å². The van der Waals surface area contributed by atoms with Crippen molar-refractivity contribution in [3.05, 3.63) is 24.3 Å². The number of hydrogen-bond acceptors (Lipinski definition) is 11. The minimum Gasteiger partial charge on any atom is -0.462 e. The molecule has 6 atom stereocenters. The minimum absolute atomic E-state index is 0.164. The lowest BCUT2D eigenvalue weighted by Gasteiger charge is -2.40. The third-order valence-corrected chi connectivity index (χ3v) is 13.3. The van der Waals surface area contributed by atoms with E-state index in [1.165, 1.54) is 167 Å². The van der Waals surface area contributed by atoms with Gasteiger partial charge in [-0.3, -0.25) is 14.1 Å². The van der Waals surface area contributed by atoms with Gasteiger partial charge in [-0.15, -0.1) is 0 Å². The van der Waals surface area contributed by atoms with Gasteiger partial charge in [0.2, 0.25) is 0 Å². The van der Waals surface area contributed by atoms with Gasteiger partial charge in [0.25, 0.3) is 10.1 Å². The van der Waals surface area contributed by atoms with Crippen LogP contribution in [0.4, 0.5) is 0 Å². The van der Waals surface area contributed by atoms with E-state index >= 15 is 0 Å². The average Bonchev–Trinajstić information content (AvgIpc) is 3.28. The smallest absolute Gasteiger partial charge is 0.306 e. The molecule has 1 heterocycles. The predicted molar refractivity (Wildman–Crippen MR) is 266 cm³/mol. The Morgan fingerprint density at radius 3 is 1.26 bits per heavy atom. The van der Waals surface area contributed by atoms with Crippen molar-refractivity contribution in [2.75, 3.05) is 19.0 Å². The van der Waals surface area contributed by atoms with Crippen molar-refractivity contribution >= 4 is 22.1 Å². The Bertz CT molecular complexity index is 1310. The van der Waals surface area contributed by atoms with E-state index in [4.69, 9.17) is 18.9 Å². The number of allylic oxidation sites excluding steroid dienone is 4. The molecule has 12 nitrogen and oxygen atoms in total. The molecule has 0 spiro atoms. The number of esters is 2. The van der Waals surface area contributed by atoms with E-state index in [1.807, 2.05) is 0 Å². The Labute approximate surface area is 402 Å². The van der Waals surface area contributed by atoms with Crippen LogP contribution < -0.4 is 0 Å². The van der Waals surface area contributed by atoms with Crippen molar-refractivity contribution in [3.63, 3.8) is 0 Å². The summed E-state index contributed by atoms with van der Waals surface area (Å²) in [5.41, 5.74) is 0. The number of carbonyl (C=O) groups is 2. The normalized spacial score (nSPS) is 19.5. The van der Waals surface area contributed by atoms with Gasteiger partial charge in [0.1, 0.15) is 36.8 Å². The largest absolute Gasteiger partial charge is 0.462 e. The zero-order valence-corrected chi connectivity index (χ0v) is 42.6. The van der Waals surface area contributed by atoms with Crippen LogP contribution >= 0.6 is 0 Å². The quantitative estimate of drug-likeness (QED) is 0.0196. The highest BCUT2D eigenvalue weighted by Crippen LogP contribution is 2.24. The molecule has 13 heteroatoms. The molecule has 1 saturated heterocycles. The molecule has 0 aliphatic carbocycles. The van der Waals surface area contributed by atoms with Crippen LogP contribution in [0.5, 0.6) is 0 Å². The van der Waals surface area contributed by atoms with Gasteiger partial charge in [-0.1, -0.05) is 192 Å². The molecule has 4 N–H and O–H groups in total. The highest BCUT2D eigenvalue weighted by Gasteiger charge is 2.46. The van der Waals surface area contributed by atoms with Crippen LogP contribution in [-0.4, -0.2) is 96.0 Å². The summed E-state index contributed by atoms with van der Waals surface area (Å²) >= 11 is 0. The first-order valence-electron chi connectivity index (χ1n) is 26.9. The Morgan fingerprint density at radius 1 is 0.500 bits per heavy atom. The van der Waals surface area contributed by atoms with Gasteiger partial charge in [-0.25, -0.2) is 0 Å². The highest BCUT2D eigenvalue weighted by molar-refractivity contribution is 7.85. The molecule has 0 amide bonds. The van der Waals surface area contributed by atoms with Crippen molar-refractivity contribution in [3.8, 4) is 0 Å². The average molecular weight is 959 g/mol. The predicted octanol–water partition coefficient (Wildman–Crippen LogP) is 12.3. The molecule has 0 aromatic rings. The first-order valence-corrected chi connectivity index (χ1v) is 28.5. The Morgan fingerprint density at radius 2 is 0.864 bits per heavy atom. The van der Waals surface area contributed by atoms with E-state index in [9.17, 15) is 37.9 Å². The number of unbranched alkanes of at least 4 members (excludes halogenated alkanes) is 30. The minimum atomic E-state index is -4.60. The highest BCUT2D eigenvalue weighted by atomic mass is 32.2. The fraction of sp³-hybridized carbons (Fsp3) is 0.887. The number of carbonyl (C=O) groups excluding carboxylic acids is 2. The summed E-state index contributed by atoms with van der Waals surface area (Å²) in [6.45, 7) is 3.79. The van der Waals surface area contributed by atoms with Gasteiger partial charge in [-0.2, -0.15) is 8.42 Å². The van der Waals surface area contributed by atoms with Gasteiger partial charge in [0, 0.05) is 12.8 Å². The van der Waals surface area contributed by atoms with E-state index in [0.717, 1.165) is 38.5 Å². The maximum atomic E-state index is 12.9. The topological polar surface area (TPSA) is 186 Å². The van der Waals surface area contributed by atoms with Crippen LogP contribution in [0.25, 0.3) is 0 Å². The number of aliphatic hydroxyl groups is 3. The van der Waals surface area contributed by atoms with Crippen molar-refractivity contribution in [1.29, 1.82) is 0 Å². The van der Waals surface area contributed by atoms with Gasteiger partial charge >= 0.3 is 11.9 Å². The van der Waals surface area contributed by atoms with E-state index in [0.29, 0.717) is 12.8 Å². The standard InChI is InChI=1S/C53H98O12S/c1-3-5-7-9-11-13-15-17-19-21-23-25-27-29-31-33-35-37-39-41-48(54)62-43-46(44-63-53-52(58)51(57)50(56)47(65-53)45-66(59,60)61)64-49(55)42-40-38-36-34-32-30-28-26-24-22-20-18-16-14-12-10-8-6-4-2/h17-20,46-47,50-53,56-58H,3-16,21-45H2,1-2H3,(H,59,60,61)/b19-17+,20-18+/t46-,47-,50-,51?,52?,53+/m1/s1. The van der Waals surface area contributed by atoms with Crippen LogP contribution in [0, 0.1) is 0 Å². The molecule has 0 aromatic carbocycles. The van der Waals surface area contributed by atoms with E-state index in [2.05, 4.69) is 38.2 Å². The van der Waals surface area contributed by atoms with Crippen molar-refractivity contribution in [1.82, 2.24) is 0 Å². The molecule has 1 rings (SSSR count). The molecule has 0 bridgehead atoms. The second-order valence-electron chi connectivity index (χ2n) is 18.9. The summed E-state index contributed by atoms with van der Waals surface area (Å²) in [4.78, 5) is 25.6. The maximum Gasteiger partial charge on any atom is 0.306 e. The fourth-order valence-corrected chi connectivity index (χ4v) is 9.01. The van der Waals surface area contributed by atoms with E-state index < -0.39 is 71.2 Å². The summed E-state index contributed by atoms with van der Waals surface area (Å²) in [5.74, 6) is -1.97. The molecule has 1 fully saturated rings. The lowest BCUT2D eigenvalue weighted by molar-refractivity contribution is -0.297. The van der Waals surface area contributed by atoms with Crippen molar-refractivity contribution in [2.24, 2.45) is 0 Å². The van der Waals surface area contributed by atoms with Crippen LogP contribution in [-0.2, 0) is 38.7 Å². The Kier molecular flexibility index (Phi) is 40.7. The molecular weight excluding hydrogens is 861 g/mol. The van der Waals surface area contributed by atoms with Crippen LogP contribution in [0.2, 0.25) is 0 Å². The second-order valence-corrected chi connectivity index (χ2v) is 20.4. The molecule has 0 saturated carbocycles. The maximum absolute atomic E-state index is 12.9.